The Morgan fingerprint density at radius 3 is 2.65 bits per heavy atom. The van der Waals surface area contributed by atoms with E-state index in [-0.39, 0.29) is 0 Å². The lowest BCUT2D eigenvalue weighted by molar-refractivity contribution is 0.0694. The van der Waals surface area contributed by atoms with Crippen molar-refractivity contribution in [1.82, 2.24) is 9.55 Å². The third kappa shape index (κ3) is 2.15. The van der Waals surface area contributed by atoms with Crippen molar-refractivity contribution in [3.63, 3.8) is 0 Å². The molecule has 0 radical (unpaired) electrons. The molecule has 0 aliphatic rings. The molecule has 8 heteroatoms. The molecule has 0 spiro atoms. The first-order valence-corrected chi connectivity index (χ1v) is 5.53. The fraction of sp³-hybridized carbons (Fsp3) is 0. The molecule has 88 valence electrons. The van der Waals surface area contributed by atoms with Crippen LogP contribution in [-0.4, -0.2) is 20.6 Å². The zero-order valence-corrected chi connectivity index (χ0v) is 9.71. The molecule has 0 aliphatic heterocycles. The largest absolute Gasteiger partial charge is 0.477 e. The van der Waals surface area contributed by atoms with Crippen molar-refractivity contribution in [3.8, 4) is 5.00 Å². The molecule has 0 aromatic carbocycles. The van der Waals surface area contributed by atoms with Crippen molar-refractivity contribution in [2.24, 2.45) is 0 Å². The highest BCUT2D eigenvalue weighted by atomic mass is 35.5. The van der Waals surface area contributed by atoms with Gasteiger partial charge in [0.15, 0.2) is 0 Å². The maximum atomic E-state index is 11.5. The average molecular weight is 273 g/mol. The van der Waals surface area contributed by atoms with Gasteiger partial charge in [0.05, 0.1) is 4.34 Å². The van der Waals surface area contributed by atoms with E-state index in [1.165, 1.54) is 0 Å². The predicted octanol–water partition coefficient (Wildman–Crippen LogP) is 0.939. The van der Waals surface area contributed by atoms with Crippen LogP contribution < -0.4 is 11.2 Å². The first kappa shape index (κ1) is 11.6. The molecule has 0 saturated carbocycles. The first-order valence-electron chi connectivity index (χ1n) is 4.34. The minimum absolute atomic E-state index is 0.429. The Morgan fingerprint density at radius 1 is 1.41 bits per heavy atom. The number of hydrogen-bond acceptors (Lipinski definition) is 4. The highest BCUT2D eigenvalue weighted by Gasteiger charge is 2.13. The molecule has 2 aromatic heterocycles. The number of aromatic amines is 1. The zero-order valence-electron chi connectivity index (χ0n) is 8.14. The smallest absolute Gasteiger partial charge is 0.342 e. The number of carboxylic acids is 1. The van der Waals surface area contributed by atoms with E-state index in [9.17, 15) is 14.4 Å². The first-order chi connectivity index (χ1) is 7.99. The number of H-pyrrole nitrogens is 1. The monoisotopic (exact) mass is 272 g/mol. The maximum absolute atomic E-state index is 11.5. The number of aromatic carboxylic acids is 1. The van der Waals surface area contributed by atoms with Gasteiger partial charge in [-0.05, 0) is 12.1 Å². The Kier molecular flexibility index (Phi) is 2.86. The molecular weight excluding hydrogens is 268 g/mol. The van der Waals surface area contributed by atoms with Crippen LogP contribution in [0.5, 0.6) is 0 Å². The highest BCUT2D eigenvalue weighted by Crippen LogP contribution is 2.23. The van der Waals surface area contributed by atoms with E-state index in [0.29, 0.717) is 9.34 Å². The minimum atomic E-state index is -1.40. The average Bonchev–Trinajstić information content (AvgIpc) is 2.64. The second-order valence-corrected chi connectivity index (χ2v) is 4.75. The summed E-state index contributed by atoms with van der Waals surface area (Å²) in [5.74, 6) is -1.40. The van der Waals surface area contributed by atoms with Crippen molar-refractivity contribution in [2.45, 2.75) is 0 Å². The fourth-order valence-corrected chi connectivity index (χ4v) is 2.23. The van der Waals surface area contributed by atoms with E-state index in [1.807, 2.05) is 4.98 Å². The van der Waals surface area contributed by atoms with Crippen LogP contribution in [-0.2, 0) is 0 Å². The van der Waals surface area contributed by atoms with E-state index in [1.54, 1.807) is 12.1 Å². The van der Waals surface area contributed by atoms with Gasteiger partial charge >= 0.3 is 11.7 Å². The summed E-state index contributed by atoms with van der Waals surface area (Å²) in [6, 6.07) is 3.12. The summed E-state index contributed by atoms with van der Waals surface area (Å²) in [6.45, 7) is 0. The molecule has 2 rings (SSSR count). The number of nitrogens with zero attached hydrogens (tertiary/aromatic N) is 1. The molecule has 0 aliphatic carbocycles. The van der Waals surface area contributed by atoms with Crippen LogP contribution >= 0.6 is 22.9 Å². The van der Waals surface area contributed by atoms with Crippen LogP contribution in [0.2, 0.25) is 4.34 Å². The van der Waals surface area contributed by atoms with Crippen molar-refractivity contribution in [3.05, 3.63) is 49.1 Å². The van der Waals surface area contributed by atoms with Crippen molar-refractivity contribution in [2.75, 3.05) is 0 Å². The van der Waals surface area contributed by atoms with Gasteiger partial charge in [0, 0.05) is 6.20 Å². The molecule has 2 heterocycles. The van der Waals surface area contributed by atoms with Gasteiger partial charge in [-0.1, -0.05) is 11.6 Å². The van der Waals surface area contributed by atoms with E-state index < -0.39 is 22.8 Å². The molecule has 0 atom stereocenters. The summed E-state index contributed by atoms with van der Waals surface area (Å²) in [5, 5.41) is 9.20. The van der Waals surface area contributed by atoms with Crippen molar-refractivity contribution in [1.29, 1.82) is 0 Å². The molecule has 2 N–H and O–H groups in total. The zero-order chi connectivity index (χ0) is 12.6. The van der Waals surface area contributed by atoms with Crippen LogP contribution in [0, 0.1) is 0 Å². The molecular formula is C9H5ClN2O4S. The molecule has 0 unspecified atom stereocenters. The van der Waals surface area contributed by atoms with Crippen molar-refractivity contribution >= 4 is 28.9 Å². The van der Waals surface area contributed by atoms with Crippen LogP contribution in [0.1, 0.15) is 10.4 Å². The number of nitrogens with one attached hydrogen (secondary N) is 1. The SMILES string of the molecule is O=C(O)c1cn(-c2ccc(Cl)s2)c(=O)[nH]c1=O. The van der Waals surface area contributed by atoms with Gasteiger partial charge in [-0.3, -0.25) is 14.3 Å². The molecule has 0 bridgehead atoms. The van der Waals surface area contributed by atoms with Crippen LogP contribution in [0.3, 0.4) is 0 Å². The Labute approximate surface area is 103 Å². The van der Waals surface area contributed by atoms with Crippen LogP contribution in [0.15, 0.2) is 27.9 Å². The standard InChI is InChI=1S/C9H5ClN2O4S/c10-5-1-2-6(17-5)12-3-4(8(14)15)7(13)11-9(12)16/h1-3H,(H,14,15)(H,11,13,16). The minimum Gasteiger partial charge on any atom is -0.477 e. The summed E-state index contributed by atoms with van der Waals surface area (Å²) in [7, 11) is 0. The Bertz CT molecular complexity index is 700. The number of thiophene rings is 1. The Morgan fingerprint density at radius 2 is 2.12 bits per heavy atom. The number of halogens is 1. The van der Waals surface area contributed by atoms with Crippen molar-refractivity contribution < 1.29 is 9.90 Å². The number of aromatic nitrogens is 2. The third-order valence-corrected chi connectivity index (χ3v) is 3.20. The van der Waals surface area contributed by atoms with Crippen LogP contribution in [0.25, 0.3) is 5.00 Å². The Balaban J connectivity index is 2.71. The molecule has 0 amide bonds. The highest BCUT2D eigenvalue weighted by molar-refractivity contribution is 7.18. The quantitative estimate of drug-likeness (QED) is 0.851. The van der Waals surface area contributed by atoms with E-state index in [0.717, 1.165) is 22.1 Å². The summed E-state index contributed by atoms with van der Waals surface area (Å²) >= 11 is 6.81. The lowest BCUT2D eigenvalue weighted by atomic mass is 10.3. The summed E-state index contributed by atoms with van der Waals surface area (Å²) in [5.41, 5.74) is -2.14. The summed E-state index contributed by atoms with van der Waals surface area (Å²) in [6.07, 6.45) is 0.978. The number of carbonyl (C=O) groups is 1. The van der Waals surface area contributed by atoms with E-state index in [2.05, 4.69) is 0 Å². The second kappa shape index (κ2) is 4.19. The lowest BCUT2D eigenvalue weighted by Crippen LogP contribution is -2.32. The number of carboxylic acid groups (broad SMARTS) is 1. The number of hydrogen-bond donors (Lipinski definition) is 2. The molecule has 0 saturated heterocycles. The van der Waals surface area contributed by atoms with Gasteiger partial charge in [-0.25, -0.2) is 9.59 Å². The molecule has 2 aromatic rings. The fourth-order valence-electron chi connectivity index (χ4n) is 1.22. The third-order valence-electron chi connectivity index (χ3n) is 1.97. The second-order valence-electron chi connectivity index (χ2n) is 3.05. The van der Waals surface area contributed by atoms with Gasteiger partial charge in [0.1, 0.15) is 10.6 Å². The van der Waals surface area contributed by atoms with E-state index >= 15 is 0 Å². The van der Waals surface area contributed by atoms with E-state index in [4.69, 9.17) is 16.7 Å². The van der Waals surface area contributed by atoms with Gasteiger partial charge in [0.25, 0.3) is 5.56 Å². The molecule has 0 fully saturated rings. The number of rotatable bonds is 2. The summed E-state index contributed by atoms with van der Waals surface area (Å²) < 4.78 is 1.48. The topological polar surface area (TPSA) is 92.2 Å². The molecule has 6 nitrogen and oxygen atoms in total. The normalized spacial score (nSPS) is 10.4. The maximum Gasteiger partial charge on any atom is 0.342 e. The summed E-state index contributed by atoms with van der Waals surface area (Å²) in [4.78, 5) is 35.4. The lowest BCUT2D eigenvalue weighted by Gasteiger charge is -2.01. The van der Waals surface area contributed by atoms with Crippen LogP contribution in [0.4, 0.5) is 0 Å². The van der Waals surface area contributed by atoms with Gasteiger partial charge in [-0.2, -0.15) is 0 Å². The van der Waals surface area contributed by atoms with Gasteiger partial charge in [0.2, 0.25) is 0 Å². The molecule has 17 heavy (non-hydrogen) atoms. The Hall–Kier alpha value is -1.86. The predicted molar refractivity (Wildman–Crippen MR) is 62.5 cm³/mol. The van der Waals surface area contributed by atoms with Gasteiger partial charge < -0.3 is 5.11 Å². The van der Waals surface area contributed by atoms with Gasteiger partial charge in [-0.15, -0.1) is 11.3 Å².